The summed E-state index contributed by atoms with van der Waals surface area (Å²) in [7, 11) is 1.73. The van der Waals surface area contributed by atoms with Gasteiger partial charge in [-0.05, 0) is 19.3 Å². The number of carbonyl (C=O) groups excluding carboxylic acids is 1. The van der Waals surface area contributed by atoms with Crippen LogP contribution in [0.5, 0.6) is 0 Å². The summed E-state index contributed by atoms with van der Waals surface area (Å²) in [5.41, 5.74) is 0. The largest absolute Gasteiger partial charge is 0.378 e. The van der Waals surface area contributed by atoms with Gasteiger partial charge in [-0.3, -0.25) is 4.79 Å². The van der Waals surface area contributed by atoms with Crippen LogP contribution in [0.2, 0.25) is 0 Å². The fourth-order valence-corrected chi connectivity index (χ4v) is 1.54. The van der Waals surface area contributed by atoms with Gasteiger partial charge in [0.1, 0.15) is 0 Å². The van der Waals surface area contributed by atoms with Gasteiger partial charge in [-0.1, -0.05) is 5.92 Å². The third-order valence-corrected chi connectivity index (χ3v) is 2.43. The van der Waals surface area contributed by atoms with Crippen LogP contribution in [-0.2, 0) is 9.53 Å². The van der Waals surface area contributed by atoms with Gasteiger partial charge in [0, 0.05) is 13.7 Å². The molecule has 1 amide bonds. The Bertz CT molecular complexity index is 226. The van der Waals surface area contributed by atoms with E-state index in [0.717, 1.165) is 25.9 Å². The molecule has 0 aromatic heterocycles. The summed E-state index contributed by atoms with van der Waals surface area (Å²) in [6.45, 7) is 1.17. The van der Waals surface area contributed by atoms with Gasteiger partial charge >= 0.3 is 0 Å². The lowest BCUT2D eigenvalue weighted by Gasteiger charge is -2.24. The molecule has 0 aromatic carbocycles. The first-order chi connectivity index (χ1) is 6.74. The van der Waals surface area contributed by atoms with Crippen molar-refractivity contribution in [3.8, 4) is 12.3 Å². The molecule has 0 bridgehead atoms. The Morgan fingerprint density at radius 1 is 1.64 bits per heavy atom. The van der Waals surface area contributed by atoms with E-state index in [1.807, 2.05) is 0 Å². The highest BCUT2D eigenvalue weighted by Gasteiger charge is 2.19. The monoisotopic (exact) mass is 195 g/mol. The predicted molar refractivity (Wildman–Crippen MR) is 54.7 cm³/mol. The average Bonchev–Trinajstić information content (AvgIpc) is 2.19. The number of nitrogens with zero attached hydrogens (tertiary/aromatic N) is 1. The fourth-order valence-electron chi connectivity index (χ4n) is 1.54. The van der Waals surface area contributed by atoms with Gasteiger partial charge in [-0.25, -0.2) is 0 Å². The van der Waals surface area contributed by atoms with Crippen molar-refractivity contribution in [3.05, 3.63) is 0 Å². The van der Waals surface area contributed by atoms with Crippen LogP contribution in [0.25, 0.3) is 0 Å². The Balaban J connectivity index is 2.28. The van der Waals surface area contributed by atoms with Crippen molar-refractivity contribution in [2.45, 2.75) is 31.8 Å². The van der Waals surface area contributed by atoms with Gasteiger partial charge in [-0.2, -0.15) is 0 Å². The number of rotatable bonds is 3. The average molecular weight is 195 g/mol. The molecule has 0 aliphatic carbocycles. The third kappa shape index (κ3) is 3.39. The Labute approximate surface area is 85.4 Å². The van der Waals surface area contributed by atoms with Crippen LogP contribution in [0.15, 0.2) is 0 Å². The SMILES string of the molecule is C#CCN(C)C(=O)CC1CCCCO1. The molecular formula is C11H17NO2. The molecule has 1 saturated heterocycles. The molecule has 78 valence electrons. The van der Waals surface area contributed by atoms with Crippen molar-refractivity contribution >= 4 is 5.91 Å². The number of terminal acetylenes is 1. The van der Waals surface area contributed by atoms with Crippen LogP contribution >= 0.6 is 0 Å². The normalized spacial score (nSPS) is 21.3. The molecule has 0 aromatic rings. The molecule has 1 aliphatic rings. The van der Waals surface area contributed by atoms with Gasteiger partial charge in [0.05, 0.1) is 19.1 Å². The summed E-state index contributed by atoms with van der Waals surface area (Å²) in [4.78, 5) is 13.1. The first-order valence-corrected chi connectivity index (χ1v) is 5.03. The summed E-state index contributed by atoms with van der Waals surface area (Å²) in [5, 5.41) is 0. The minimum Gasteiger partial charge on any atom is -0.378 e. The van der Waals surface area contributed by atoms with E-state index in [2.05, 4.69) is 5.92 Å². The smallest absolute Gasteiger partial charge is 0.225 e. The second-order valence-corrected chi connectivity index (χ2v) is 3.65. The zero-order valence-electron chi connectivity index (χ0n) is 8.66. The van der Waals surface area contributed by atoms with Crippen LogP contribution in [0.1, 0.15) is 25.7 Å². The van der Waals surface area contributed by atoms with Crippen LogP contribution in [-0.4, -0.2) is 37.1 Å². The van der Waals surface area contributed by atoms with Crippen LogP contribution < -0.4 is 0 Å². The van der Waals surface area contributed by atoms with E-state index in [1.54, 1.807) is 11.9 Å². The summed E-state index contributed by atoms with van der Waals surface area (Å²) in [6.07, 6.45) is 8.98. The Morgan fingerprint density at radius 3 is 3.00 bits per heavy atom. The molecule has 1 fully saturated rings. The van der Waals surface area contributed by atoms with Crippen LogP contribution in [0.3, 0.4) is 0 Å². The molecule has 0 radical (unpaired) electrons. The summed E-state index contributed by atoms with van der Waals surface area (Å²) >= 11 is 0. The zero-order valence-corrected chi connectivity index (χ0v) is 8.66. The number of carbonyl (C=O) groups is 1. The molecule has 1 atom stereocenters. The van der Waals surface area contributed by atoms with Crippen molar-refractivity contribution in [2.24, 2.45) is 0 Å². The van der Waals surface area contributed by atoms with Crippen molar-refractivity contribution in [2.75, 3.05) is 20.2 Å². The Morgan fingerprint density at radius 2 is 2.43 bits per heavy atom. The molecule has 3 heteroatoms. The van der Waals surface area contributed by atoms with Gasteiger partial charge in [-0.15, -0.1) is 6.42 Å². The highest BCUT2D eigenvalue weighted by molar-refractivity contribution is 5.76. The Hall–Kier alpha value is -1.01. The van der Waals surface area contributed by atoms with Crippen molar-refractivity contribution < 1.29 is 9.53 Å². The minimum absolute atomic E-state index is 0.0786. The van der Waals surface area contributed by atoms with Crippen LogP contribution in [0, 0.1) is 12.3 Å². The van der Waals surface area contributed by atoms with E-state index in [0.29, 0.717) is 13.0 Å². The molecule has 1 aliphatic heterocycles. The quantitative estimate of drug-likeness (QED) is 0.630. The van der Waals surface area contributed by atoms with E-state index >= 15 is 0 Å². The lowest BCUT2D eigenvalue weighted by Crippen LogP contribution is -2.32. The topological polar surface area (TPSA) is 29.5 Å². The van der Waals surface area contributed by atoms with E-state index in [-0.39, 0.29) is 12.0 Å². The summed E-state index contributed by atoms with van der Waals surface area (Å²) < 4.78 is 5.48. The molecule has 0 saturated carbocycles. The number of hydrogen-bond acceptors (Lipinski definition) is 2. The second-order valence-electron chi connectivity index (χ2n) is 3.65. The maximum absolute atomic E-state index is 11.6. The zero-order chi connectivity index (χ0) is 10.4. The Kier molecular flexibility index (Phi) is 4.48. The highest BCUT2D eigenvalue weighted by Crippen LogP contribution is 2.16. The maximum Gasteiger partial charge on any atom is 0.225 e. The molecule has 3 nitrogen and oxygen atoms in total. The molecule has 0 spiro atoms. The third-order valence-electron chi connectivity index (χ3n) is 2.43. The maximum atomic E-state index is 11.6. The number of hydrogen-bond donors (Lipinski definition) is 0. The first kappa shape index (κ1) is 11.1. The number of ether oxygens (including phenoxy) is 1. The van der Waals surface area contributed by atoms with Crippen molar-refractivity contribution in [3.63, 3.8) is 0 Å². The van der Waals surface area contributed by atoms with Gasteiger partial charge < -0.3 is 9.64 Å². The molecule has 14 heavy (non-hydrogen) atoms. The summed E-state index contributed by atoms with van der Waals surface area (Å²) in [5.74, 6) is 2.53. The molecule has 1 rings (SSSR count). The van der Waals surface area contributed by atoms with E-state index in [4.69, 9.17) is 11.2 Å². The molecule has 1 heterocycles. The summed E-state index contributed by atoms with van der Waals surface area (Å²) in [6, 6.07) is 0. The molecule has 0 N–H and O–H groups in total. The van der Waals surface area contributed by atoms with Gasteiger partial charge in [0.15, 0.2) is 0 Å². The standard InChI is InChI=1S/C11H17NO2/c1-3-7-12(2)11(13)9-10-6-4-5-8-14-10/h1,10H,4-9H2,2H3. The van der Waals surface area contributed by atoms with E-state index in [1.165, 1.54) is 0 Å². The minimum atomic E-state index is 0.0786. The molecular weight excluding hydrogens is 178 g/mol. The lowest BCUT2D eigenvalue weighted by atomic mass is 10.1. The number of amides is 1. The predicted octanol–water partition coefficient (Wildman–Crippen LogP) is 1.04. The second kappa shape index (κ2) is 5.66. The first-order valence-electron chi connectivity index (χ1n) is 5.03. The van der Waals surface area contributed by atoms with Crippen molar-refractivity contribution in [1.29, 1.82) is 0 Å². The van der Waals surface area contributed by atoms with E-state index in [9.17, 15) is 4.79 Å². The highest BCUT2D eigenvalue weighted by atomic mass is 16.5. The molecule has 1 unspecified atom stereocenters. The van der Waals surface area contributed by atoms with Crippen LogP contribution in [0.4, 0.5) is 0 Å². The lowest BCUT2D eigenvalue weighted by molar-refractivity contribution is -0.133. The van der Waals surface area contributed by atoms with Gasteiger partial charge in [0.2, 0.25) is 5.91 Å². The van der Waals surface area contributed by atoms with Gasteiger partial charge in [0.25, 0.3) is 0 Å². The van der Waals surface area contributed by atoms with E-state index < -0.39 is 0 Å². The van der Waals surface area contributed by atoms with Crippen molar-refractivity contribution in [1.82, 2.24) is 4.90 Å². The fraction of sp³-hybridized carbons (Fsp3) is 0.727.